The van der Waals surface area contributed by atoms with Crippen LogP contribution in [0.3, 0.4) is 0 Å². The largest absolute Gasteiger partial charge is 0.495 e. The number of hydrogen-bond acceptors (Lipinski definition) is 4. The summed E-state index contributed by atoms with van der Waals surface area (Å²) >= 11 is 0. The summed E-state index contributed by atoms with van der Waals surface area (Å²) in [7, 11) is 1.74. The molecule has 1 saturated heterocycles. The Kier molecular flexibility index (Phi) is 11.2. The number of rotatable bonds is 7. The maximum absolute atomic E-state index is 13.8. The van der Waals surface area contributed by atoms with Crippen LogP contribution in [0, 0.1) is 0 Å². The quantitative estimate of drug-likeness (QED) is 0.474. The molecular weight excluding hydrogens is 458 g/mol. The molecule has 5 nitrogen and oxygen atoms in total. The number of anilines is 1. The Hall–Kier alpha value is -2.53. The van der Waals surface area contributed by atoms with Crippen molar-refractivity contribution in [1.82, 2.24) is 10.2 Å². The van der Waals surface area contributed by atoms with Gasteiger partial charge in [0, 0.05) is 38.8 Å². The van der Waals surface area contributed by atoms with E-state index in [1.165, 1.54) is 57.8 Å². The minimum atomic E-state index is -0.139. The average molecular weight is 506 g/mol. The van der Waals surface area contributed by atoms with Gasteiger partial charge in [0.1, 0.15) is 5.75 Å². The molecule has 1 amide bonds. The molecular formula is C32H47N3O2. The van der Waals surface area contributed by atoms with Crippen LogP contribution in [-0.4, -0.2) is 56.7 Å². The molecule has 1 N–H and O–H groups in total. The van der Waals surface area contributed by atoms with E-state index in [2.05, 4.69) is 51.5 Å². The van der Waals surface area contributed by atoms with Gasteiger partial charge < -0.3 is 15.0 Å². The Bertz CT molecular complexity index is 915. The third kappa shape index (κ3) is 8.49. The first-order chi connectivity index (χ1) is 18.2. The first kappa shape index (κ1) is 27.5. The highest BCUT2D eigenvalue weighted by atomic mass is 16.5. The fraction of sp³-hybridized carbons (Fsp3) is 0.594. The van der Waals surface area contributed by atoms with E-state index in [4.69, 9.17) is 4.74 Å². The van der Waals surface area contributed by atoms with Crippen molar-refractivity contribution in [3.8, 4) is 5.75 Å². The lowest BCUT2D eigenvalue weighted by Gasteiger charge is -2.38. The fourth-order valence-electron chi connectivity index (χ4n) is 5.95. The van der Waals surface area contributed by atoms with Crippen molar-refractivity contribution >= 4 is 11.6 Å². The number of nitrogens with zero attached hydrogens (tertiary/aromatic N) is 2. The van der Waals surface area contributed by atoms with Crippen LogP contribution >= 0.6 is 0 Å². The predicted octanol–water partition coefficient (Wildman–Crippen LogP) is 6.39. The van der Waals surface area contributed by atoms with Crippen LogP contribution in [0.25, 0.3) is 0 Å². The summed E-state index contributed by atoms with van der Waals surface area (Å²) in [5, 5.41) is 3.52. The van der Waals surface area contributed by atoms with E-state index in [0.29, 0.717) is 6.04 Å². The third-order valence-corrected chi connectivity index (χ3v) is 8.21. The molecule has 202 valence electrons. The zero-order valence-corrected chi connectivity index (χ0v) is 22.9. The van der Waals surface area contributed by atoms with Crippen LogP contribution in [-0.2, 0) is 4.79 Å². The summed E-state index contributed by atoms with van der Waals surface area (Å²) in [6.45, 7) is 4.52. The monoisotopic (exact) mass is 505 g/mol. The lowest BCUT2D eigenvalue weighted by molar-refractivity contribution is -0.123. The van der Waals surface area contributed by atoms with Crippen LogP contribution in [0.15, 0.2) is 54.6 Å². The summed E-state index contributed by atoms with van der Waals surface area (Å²) in [5.74, 6) is 0.991. The van der Waals surface area contributed by atoms with Crippen molar-refractivity contribution in [2.24, 2.45) is 0 Å². The molecule has 2 aliphatic rings. The Balaban J connectivity index is 1.37. The summed E-state index contributed by atoms with van der Waals surface area (Å²) in [5.41, 5.74) is 2.28. The number of nitrogens with one attached hydrogen (secondary N) is 1. The zero-order valence-electron chi connectivity index (χ0n) is 22.9. The van der Waals surface area contributed by atoms with Crippen LogP contribution in [0.2, 0.25) is 0 Å². The molecule has 0 radical (unpaired) electrons. The van der Waals surface area contributed by atoms with E-state index in [-0.39, 0.29) is 11.8 Å². The van der Waals surface area contributed by atoms with Gasteiger partial charge in [-0.1, -0.05) is 100 Å². The van der Waals surface area contributed by atoms with Crippen LogP contribution in [0.4, 0.5) is 5.69 Å². The number of methoxy groups -OCH3 is 1. The third-order valence-electron chi connectivity index (χ3n) is 8.21. The van der Waals surface area contributed by atoms with Crippen molar-refractivity contribution < 1.29 is 9.53 Å². The van der Waals surface area contributed by atoms with E-state index in [9.17, 15) is 4.79 Å². The molecule has 2 aromatic carbocycles. The van der Waals surface area contributed by atoms with Gasteiger partial charge in [-0.3, -0.25) is 9.69 Å². The number of carbonyl (C=O) groups excluding carboxylic acids is 1. The van der Waals surface area contributed by atoms with Crippen LogP contribution in [0.5, 0.6) is 5.75 Å². The van der Waals surface area contributed by atoms with Gasteiger partial charge in [0.15, 0.2) is 0 Å². The van der Waals surface area contributed by atoms with Crippen molar-refractivity contribution in [3.05, 3.63) is 60.2 Å². The standard InChI is InChI=1S/C32H47N3O2/c1-37-31-21-15-14-20-30(31)35-24-22-34(23-25-35)26-29(27-16-10-9-11-17-27)32(36)33-28-18-12-7-5-3-2-4-6-8-13-19-28/h9-11,14-17,20-21,28-29H,2-8,12-13,18-19,22-26H2,1H3,(H,33,36). The van der Waals surface area contributed by atoms with E-state index < -0.39 is 0 Å². The second kappa shape index (κ2) is 15.0. The number of amides is 1. The SMILES string of the molecule is COc1ccccc1N1CCN(CC(C(=O)NC2CCCCCCCCCCC2)c2ccccc2)CC1. The molecule has 0 aromatic heterocycles. The van der Waals surface area contributed by atoms with Gasteiger partial charge in [-0.2, -0.15) is 0 Å². The van der Waals surface area contributed by atoms with Gasteiger partial charge in [0.05, 0.1) is 18.7 Å². The Morgan fingerprint density at radius 1 is 0.811 bits per heavy atom. The molecule has 1 heterocycles. The average Bonchev–Trinajstić information content (AvgIpc) is 2.94. The number of carbonyl (C=O) groups is 1. The van der Waals surface area contributed by atoms with Crippen LogP contribution < -0.4 is 15.0 Å². The van der Waals surface area contributed by atoms with Crippen molar-refractivity contribution in [2.75, 3.05) is 44.7 Å². The highest BCUT2D eigenvalue weighted by Gasteiger charge is 2.28. The number of para-hydroxylation sites is 2. The molecule has 1 atom stereocenters. The number of hydrogen-bond donors (Lipinski definition) is 1. The molecule has 1 aliphatic heterocycles. The summed E-state index contributed by atoms with van der Waals surface area (Å²) in [6, 6.07) is 19.0. The smallest absolute Gasteiger partial charge is 0.229 e. The second-order valence-corrected chi connectivity index (χ2v) is 10.9. The molecule has 4 rings (SSSR count). The van der Waals surface area contributed by atoms with Crippen LogP contribution in [0.1, 0.15) is 82.1 Å². The van der Waals surface area contributed by atoms with Crippen molar-refractivity contribution in [2.45, 2.75) is 82.6 Å². The molecule has 1 aliphatic carbocycles. The first-order valence-corrected chi connectivity index (χ1v) is 14.7. The maximum atomic E-state index is 13.8. The maximum Gasteiger partial charge on any atom is 0.229 e. The number of piperazine rings is 1. The van der Waals surface area contributed by atoms with Crippen molar-refractivity contribution in [3.63, 3.8) is 0 Å². The highest BCUT2D eigenvalue weighted by molar-refractivity contribution is 5.84. The van der Waals surface area contributed by atoms with Gasteiger partial charge in [0.25, 0.3) is 0 Å². The summed E-state index contributed by atoms with van der Waals surface area (Å²) in [4.78, 5) is 18.6. The fourth-order valence-corrected chi connectivity index (χ4v) is 5.95. The predicted molar refractivity (Wildman–Crippen MR) is 154 cm³/mol. The molecule has 2 aromatic rings. The molecule has 0 spiro atoms. The lowest BCUT2D eigenvalue weighted by atomic mass is 9.94. The zero-order chi connectivity index (χ0) is 25.7. The van der Waals surface area contributed by atoms with Gasteiger partial charge >= 0.3 is 0 Å². The minimum absolute atomic E-state index is 0.139. The number of benzene rings is 2. The van der Waals surface area contributed by atoms with E-state index in [1.54, 1.807) is 7.11 Å². The van der Waals surface area contributed by atoms with Gasteiger partial charge in [-0.15, -0.1) is 0 Å². The van der Waals surface area contributed by atoms with E-state index in [1.807, 2.05) is 18.2 Å². The van der Waals surface area contributed by atoms with Gasteiger partial charge in [-0.25, -0.2) is 0 Å². The molecule has 0 bridgehead atoms. The van der Waals surface area contributed by atoms with Gasteiger partial charge in [-0.05, 0) is 30.5 Å². The second-order valence-electron chi connectivity index (χ2n) is 10.9. The molecule has 5 heteroatoms. The molecule has 37 heavy (non-hydrogen) atoms. The molecule has 1 saturated carbocycles. The first-order valence-electron chi connectivity index (χ1n) is 14.7. The normalized spacial score (nSPS) is 19.9. The Morgan fingerprint density at radius 3 is 2.00 bits per heavy atom. The van der Waals surface area contributed by atoms with E-state index >= 15 is 0 Å². The lowest BCUT2D eigenvalue weighted by Crippen LogP contribution is -2.49. The highest BCUT2D eigenvalue weighted by Crippen LogP contribution is 2.29. The number of ether oxygens (including phenoxy) is 1. The molecule has 1 unspecified atom stereocenters. The minimum Gasteiger partial charge on any atom is -0.495 e. The van der Waals surface area contributed by atoms with Gasteiger partial charge in [0.2, 0.25) is 5.91 Å². The van der Waals surface area contributed by atoms with E-state index in [0.717, 1.165) is 62.6 Å². The van der Waals surface area contributed by atoms with Crippen molar-refractivity contribution in [1.29, 1.82) is 0 Å². The Morgan fingerprint density at radius 2 is 1.38 bits per heavy atom. The topological polar surface area (TPSA) is 44.8 Å². The summed E-state index contributed by atoms with van der Waals surface area (Å²) < 4.78 is 5.59. The Labute approximate surface area is 224 Å². The summed E-state index contributed by atoms with van der Waals surface area (Å²) in [6.07, 6.45) is 14.1. The molecule has 2 fully saturated rings.